The monoisotopic (exact) mass is 397 g/mol. The molecule has 0 N–H and O–H groups in total. The van der Waals surface area contributed by atoms with Crippen LogP contribution in [0.15, 0.2) is 42.9 Å². The van der Waals surface area contributed by atoms with Gasteiger partial charge in [0.15, 0.2) is 0 Å². The van der Waals surface area contributed by atoms with E-state index in [-0.39, 0.29) is 5.91 Å². The van der Waals surface area contributed by atoms with Crippen LogP contribution in [0.1, 0.15) is 23.3 Å². The highest BCUT2D eigenvalue weighted by molar-refractivity contribution is 6.31. The lowest BCUT2D eigenvalue weighted by Crippen LogP contribution is -2.39. The smallest absolute Gasteiger partial charge is 0.273 e. The van der Waals surface area contributed by atoms with E-state index >= 15 is 0 Å². The van der Waals surface area contributed by atoms with Gasteiger partial charge in [0.05, 0.1) is 11.8 Å². The minimum Gasteiger partial charge on any atom is -0.357 e. The van der Waals surface area contributed by atoms with Crippen LogP contribution in [0.25, 0.3) is 10.9 Å². The van der Waals surface area contributed by atoms with Gasteiger partial charge in [-0.15, -0.1) is 0 Å². The van der Waals surface area contributed by atoms with Crippen LogP contribution in [0.2, 0.25) is 5.02 Å². The van der Waals surface area contributed by atoms with Crippen LogP contribution in [0.5, 0.6) is 0 Å². The van der Waals surface area contributed by atoms with Gasteiger partial charge in [-0.3, -0.25) is 4.79 Å². The average molecular weight is 398 g/mol. The van der Waals surface area contributed by atoms with Gasteiger partial charge in [-0.2, -0.15) is 0 Å². The SMILES string of the molecule is CN(CC1CCN(c2ccc3cc(Cl)ccc3n2)CC1)C(=O)c1cn(C)cn1. The lowest BCUT2D eigenvalue weighted by molar-refractivity contribution is 0.0759. The van der Waals surface area contributed by atoms with Crippen LogP contribution in [-0.4, -0.2) is 52.0 Å². The normalized spacial score (nSPS) is 15.2. The van der Waals surface area contributed by atoms with Crippen molar-refractivity contribution in [3.8, 4) is 0 Å². The number of anilines is 1. The number of rotatable bonds is 4. The molecule has 0 bridgehead atoms. The quantitative estimate of drug-likeness (QED) is 0.674. The summed E-state index contributed by atoms with van der Waals surface area (Å²) in [7, 11) is 3.73. The molecule has 7 heteroatoms. The van der Waals surface area contributed by atoms with Crippen LogP contribution in [0.4, 0.5) is 5.82 Å². The summed E-state index contributed by atoms with van der Waals surface area (Å²) in [5, 5.41) is 1.79. The summed E-state index contributed by atoms with van der Waals surface area (Å²) in [5.74, 6) is 1.48. The Morgan fingerprint density at radius 1 is 1.25 bits per heavy atom. The van der Waals surface area contributed by atoms with Gasteiger partial charge in [-0.05, 0) is 49.1 Å². The molecule has 0 atom stereocenters. The minimum atomic E-state index is -0.0158. The number of hydrogen-bond donors (Lipinski definition) is 0. The molecule has 0 aliphatic carbocycles. The first-order valence-corrected chi connectivity index (χ1v) is 9.92. The van der Waals surface area contributed by atoms with Gasteiger partial charge in [0.2, 0.25) is 0 Å². The van der Waals surface area contributed by atoms with Crippen molar-refractivity contribution in [1.82, 2.24) is 19.4 Å². The van der Waals surface area contributed by atoms with Gasteiger partial charge in [-0.25, -0.2) is 9.97 Å². The molecule has 1 aromatic carbocycles. The van der Waals surface area contributed by atoms with Crippen LogP contribution >= 0.6 is 11.6 Å². The second-order valence-corrected chi connectivity index (χ2v) is 7.98. The second-order valence-electron chi connectivity index (χ2n) is 7.55. The van der Waals surface area contributed by atoms with E-state index in [1.807, 2.05) is 32.3 Å². The summed E-state index contributed by atoms with van der Waals surface area (Å²) in [5.41, 5.74) is 1.47. The Bertz CT molecular complexity index is 993. The predicted molar refractivity (Wildman–Crippen MR) is 112 cm³/mol. The van der Waals surface area contributed by atoms with Crippen molar-refractivity contribution in [2.45, 2.75) is 12.8 Å². The lowest BCUT2D eigenvalue weighted by Gasteiger charge is -2.34. The number of fused-ring (bicyclic) bond motifs is 1. The van der Waals surface area contributed by atoms with Crippen LogP contribution in [-0.2, 0) is 7.05 Å². The molecular formula is C21H24ClN5O. The molecule has 4 rings (SSSR count). The predicted octanol–water partition coefficient (Wildman–Crippen LogP) is 3.61. The molecule has 1 amide bonds. The molecule has 0 unspecified atom stereocenters. The number of aryl methyl sites for hydroxylation is 1. The molecule has 1 saturated heterocycles. The molecular weight excluding hydrogens is 374 g/mol. The molecule has 6 nitrogen and oxygen atoms in total. The fraction of sp³-hybridized carbons (Fsp3) is 0.381. The summed E-state index contributed by atoms with van der Waals surface area (Å²) in [6.07, 6.45) is 5.50. The van der Waals surface area contributed by atoms with Crippen molar-refractivity contribution in [2.24, 2.45) is 13.0 Å². The zero-order chi connectivity index (χ0) is 19.7. The number of carbonyl (C=O) groups excluding carboxylic acids is 1. The molecule has 0 saturated carbocycles. The third-order valence-corrected chi connectivity index (χ3v) is 5.61. The van der Waals surface area contributed by atoms with Gasteiger partial charge in [0.25, 0.3) is 5.91 Å². The Labute approximate surface area is 169 Å². The fourth-order valence-electron chi connectivity index (χ4n) is 3.80. The second kappa shape index (κ2) is 7.80. The zero-order valence-electron chi connectivity index (χ0n) is 16.2. The van der Waals surface area contributed by atoms with E-state index < -0.39 is 0 Å². The van der Waals surface area contributed by atoms with Crippen LogP contribution in [0, 0.1) is 5.92 Å². The summed E-state index contributed by atoms with van der Waals surface area (Å²) < 4.78 is 1.80. The Balaban J connectivity index is 1.35. The molecule has 1 fully saturated rings. The molecule has 3 aromatic rings. The van der Waals surface area contributed by atoms with Gasteiger partial charge in [0, 0.05) is 50.3 Å². The van der Waals surface area contributed by atoms with Crippen molar-refractivity contribution < 1.29 is 4.79 Å². The lowest BCUT2D eigenvalue weighted by atomic mass is 9.96. The Kier molecular flexibility index (Phi) is 5.22. The first-order chi connectivity index (χ1) is 13.5. The Morgan fingerprint density at radius 3 is 2.75 bits per heavy atom. The topological polar surface area (TPSA) is 54.3 Å². The largest absolute Gasteiger partial charge is 0.357 e. The van der Waals surface area contributed by atoms with Gasteiger partial charge in [0.1, 0.15) is 11.5 Å². The highest BCUT2D eigenvalue weighted by atomic mass is 35.5. The fourth-order valence-corrected chi connectivity index (χ4v) is 3.98. The highest BCUT2D eigenvalue weighted by Gasteiger charge is 2.24. The number of nitrogens with zero attached hydrogens (tertiary/aromatic N) is 5. The van der Waals surface area contributed by atoms with E-state index in [9.17, 15) is 4.79 Å². The number of aromatic nitrogens is 3. The maximum atomic E-state index is 12.5. The minimum absolute atomic E-state index is 0.0158. The Hall–Kier alpha value is -2.60. The average Bonchev–Trinajstić information content (AvgIpc) is 3.14. The number of pyridine rings is 1. The number of imidazole rings is 1. The molecule has 0 radical (unpaired) electrons. The van der Waals surface area contributed by atoms with E-state index in [1.54, 1.807) is 22.0 Å². The number of carbonyl (C=O) groups is 1. The molecule has 28 heavy (non-hydrogen) atoms. The van der Waals surface area contributed by atoms with Crippen LogP contribution < -0.4 is 4.90 Å². The zero-order valence-corrected chi connectivity index (χ0v) is 16.9. The first-order valence-electron chi connectivity index (χ1n) is 9.54. The third kappa shape index (κ3) is 3.97. The van der Waals surface area contributed by atoms with E-state index in [4.69, 9.17) is 16.6 Å². The summed E-state index contributed by atoms with van der Waals surface area (Å²) in [6, 6.07) is 9.92. The number of piperidine rings is 1. The van der Waals surface area contributed by atoms with E-state index in [2.05, 4.69) is 22.0 Å². The van der Waals surface area contributed by atoms with Crippen LogP contribution in [0.3, 0.4) is 0 Å². The number of benzene rings is 1. The molecule has 3 heterocycles. The van der Waals surface area contributed by atoms with Crippen molar-refractivity contribution >= 4 is 34.2 Å². The Morgan fingerprint density at radius 2 is 2.04 bits per heavy atom. The molecule has 0 spiro atoms. The van der Waals surface area contributed by atoms with E-state index in [0.29, 0.717) is 11.6 Å². The van der Waals surface area contributed by atoms with Gasteiger partial charge >= 0.3 is 0 Å². The highest BCUT2D eigenvalue weighted by Crippen LogP contribution is 2.26. The van der Waals surface area contributed by atoms with Crippen molar-refractivity contribution in [1.29, 1.82) is 0 Å². The first kappa shape index (κ1) is 18.7. The number of hydrogen-bond acceptors (Lipinski definition) is 4. The maximum Gasteiger partial charge on any atom is 0.273 e. The van der Waals surface area contributed by atoms with Gasteiger partial charge in [-0.1, -0.05) is 11.6 Å². The summed E-state index contributed by atoms with van der Waals surface area (Å²) in [4.78, 5) is 25.6. The molecule has 1 aliphatic rings. The summed E-state index contributed by atoms with van der Waals surface area (Å²) >= 11 is 6.06. The third-order valence-electron chi connectivity index (χ3n) is 5.38. The van der Waals surface area contributed by atoms with Crippen molar-refractivity contribution in [3.63, 3.8) is 0 Å². The maximum absolute atomic E-state index is 12.5. The molecule has 2 aromatic heterocycles. The standard InChI is InChI=1S/C21H24ClN5O/c1-25-13-19(23-14-25)21(28)26(2)12-15-7-9-27(10-8-15)20-6-3-16-11-17(22)4-5-18(16)24-20/h3-6,11,13-15H,7-10,12H2,1-2H3. The number of halogens is 1. The molecule has 146 valence electrons. The van der Waals surface area contributed by atoms with Crippen molar-refractivity contribution in [2.75, 3.05) is 31.6 Å². The molecule has 1 aliphatic heterocycles. The van der Waals surface area contributed by atoms with E-state index in [0.717, 1.165) is 54.2 Å². The number of amides is 1. The van der Waals surface area contributed by atoms with Crippen molar-refractivity contribution in [3.05, 3.63) is 53.6 Å². The summed E-state index contributed by atoms with van der Waals surface area (Å²) in [6.45, 7) is 2.65. The van der Waals surface area contributed by atoms with E-state index in [1.165, 1.54) is 0 Å². The van der Waals surface area contributed by atoms with Gasteiger partial charge < -0.3 is 14.4 Å².